The molecule has 70 valence electrons. The van der Waals surface area contributed by atoms with Crippen molar-refractivity contribution in [2.45, 2.75) is 40.0 Å². The van der Waals surface area contributed by atoms with Gasteiger partial charge < -0.3 is 11.1 Å². The number of hydrogen-bond donors (Lipinski definition) is 1. The number of piperidine rings is 1. The molecule has 0 amide bonds. The van der Waals surface area contributed by atoms with E-state index in [1.165, 1.54) is 38.9 Å². The first kappa shape index (κ1) is 13.5. The van der Waals surface area contributed by atoms with Crippen LogP contribution in [0.4, 0.5) is 0 Å². The molecule has 0 aromatic rings. The molecule has 2 heteroatoms. The maximum Gasteiger partial charge on any atom is -0.00188 e. The highest BCUT2D eigenvalue weighted by atomic mass is 15.1. The van der Waals surface area contributed by atoms with E-state index in [4.69, 9.17) is 0 Å². The Morgan fingerprint density at radius 1 is 1.00 bits per heavy atom. The first-order chi connectivity index (χ1) is 4.93. The van der Waals surface area contributed by atoms with E-state index in [9.17, 15) is 0 Å². The third-order valence-electron chi connectivity index (χ3n) is 1.90. The molecule has 0 bridgehead atoms. The molecule has 2 nitrogen and oxygen atoms in total. The highest BCUT2D eigenvalue weighted by molar-refractivity contribution is 4.61. The van der Waals surface area contributed by atoms with Crippen LogP contribution < -0.4 is 6.15 Å². The summed E-state index contributed by atoms with van der Waals surface area (Å²) in [5.41, 5.74) is 0. The first-order valence-electron chi connectivity index (χ1n) is 4.66. The van der Waals surface area contributed by atoms with Crippen molar-refractivity contribution in [3.63, 3.8) is 0 Å². The molecule has 0 radical (unpaired) electrons. The van der Waals surface area contributed by atoms with Gasteiger partial charge in [-0.25, -0.2) is 0 Å². The predicted molar refractivity (Wildman–Crippen MR) is 52.3 cm³/mol. The van der Waals surface area contributed by atoms with Gasteiger partial charge in [0, 0.05) is 0 Å². The summed E-state index contributed by atoms with van der Waals surface area (Å²) in [7, 11) is 0. The van der Waals surface area contributed by atoms with Crippen LogP contribution in [-0.4, -0.2) is 24.5 Å². The summed E-state index contributed by atoms with van der Waals surface area (Å²) < 4.78 is 0. The van der Waals surface area contributed by atoms with Gasteiger partial charge in [-0.05, 0) is 32.5 Å². The lowest BCUT2D eigenvalue weighted by atomic mass is 10.1. The van der Waals surface area contributed by atoms with Crippen LogP contribution in [0.3, 0.4) is 0 Å². The van der Waals surface area contributed by atoms with Gasteiger partial charge in [-0.2, -0.15) is 0 Å². The van der Waals surface area contributed by atoms with Crippen LogP contribution in [0.1, 0.15) is 40.0 Å². The topological polar surface area (TPSA) is 38.2 Å². The van der Waals surface area contributed by atoms with E-state index in [2.05, 4.69) is 11.8 Å². The van der Waals surface area contributed by atoms with Crippen molar-refractivity contribution in [2.24, 2.45) is 0 Å². The lowest BCUT2D eigenvalue weighted by Crippen LogP contribution is -2.29. The van der Waals surface area contributed by atoms with E-state index in [0.717, 1.165) is 0 Å². The Morgan fingerprint density at radius 3 is 1.73 bits per heavy atom. The zero-order valence-electron chi connectivity index (χ0n) is 8.40. The van der Waals surface area contributed by atoms with Gasteiger partial charge in [-0.1, -0.05) is 27.2 Å². The molecule has 1 aliphatic heterocycles. The van der Waals surface area contributed by atoms with Crippen LogP contribution in [-0.2, 0) is 0 Å². The number of likely N-dealkylation sites (tertiary alicyclic amines) is 1. The average Bonchev–Trinajstić information content (AvgIpc) is 2.10. The van der Waals surface area contributed by atoms with Crippen molar-refractivity contribution in [1.29, 1.82) is 0 Å². The van der Waals surface area contributed by atoms with Gasteiger partial charge >= 0.3 is 0 Å². The highest BCUT2D eigenvalue weighted by Crippen LogP contribution is 2.06. The van der Waals surface area contributed by atoms with E-state index < -0.39 is 0 Å². The molecule has 11 heavy (non-hydrogen) atoms. The normalized spacial score (nSPS) is 17.7. The van der Waals surface area contributed by atoms with Gasteiger partial charge in [0.2, 0.25) is 0 Å². The van der Waals surface area contributed by atoms with Crippen molar-refractivity contribution < 1.29 is 0 Å². The van der Waals surface area contributed by atoms with Crippen LogP contribution in [0.15, 0.2) is 0 Å². The SMILES string of the molecule is CC.CCN1CCCCC1.N. The minimum absolute atomic E-state index is 0. The Morgan fingerprint density at radius 2 is 1.45 bits per heavy atom. The number of rotatable bonds is 1. The molecule has 1 saturated heterocycles. The van der Waals surface area contributed by atoms with E-state index in [1.807, 2.05) is 13.8 Å². The van der Waals surface area contributed by atoms with Gasteiger partial charge in [0.25, 0.3) is 0 Å². The Bertz CT molecular complexity index is 58.6. The molecule has 0 spiro atoms. The number of hydrogen-bond acceptors (Lipinski definition) is 2. The second kappa shape index (κ2) is 9.92. The largest absolute Gasteiger partial charge is 0.344 e. The highest BCUT2D eigenvalue weighted by Gasteiger charge is 2.05. The van der Waals surface area contributed by atoms with E-state index in [0.29, 0.717) is 0 Å². The fraction of sp³-hybridized carbons (Fsp3) is 1.00. The Balaban J connectivity index is 0. The van der Waals surface area contributed by atoms with Crippen LogP contribution >= 0.6 is 0 Å². The maximum absolute atomic E-state index is 2.52. The minimum Gasteiger partial charge on any atom is -0.344 e. The zero-order valence-corrected chi connectivity index (χ0v) is 8.40. The van der Waals surface area contributed by atoms with Gasteiger partial charge in [0.15, 0.2) is 0 Å². The molecule has 0 saturated carbocycles. The lowest BCUT2D eigenvalue weighted by Gasteiger charge is -2.24. The molecule has 0 aliphatic carbocycles. The summed E-state index contributed by atoms with van der Waals surface area (Å²) in [6.45, 7) is 10.2. The van der Waals surface area contributed by atoms with Crippen molar-refractivity contribution in [3.8, 4) is 0 Å². The van der Waals surface area contributed by atoms with Crippen molar-refractivity contribution in [1.82, 2.24) is 11.1 Å². The third kappa shape index (κ3) is 6.32. The van der Waals surface area contributed by atoms with Crippen LogP contribution in [0.25, 0.3) is 0 Å². The Kier molecular flexibility index (Phi) is 12.2. The zero-order chi connectivity index (χ0) is 7.82. The molecular formula is C9H24N2. The summed E-state index contributed by atoms with van der Waals surface area (Å²) in [5.74, 6) is 0. The third-order valence-corrected chi connectivity index (χ3v) is 1.90. The van der Waals surface area contributed by atoms with Gasteiger partial charge in [-0.3, -0.25) is 0 Å². The second-order valence-corrected chi connectivity index (χ2v) is 2.49. The lowest BCUT2D eigenvalue weighted by molar-refractivity contribution is 0.240. The molecule has 1 fully saturated rings. The molecule has 0 aromatic carbocycles. The summed E-state index contributed by atoms with van der Waals surface area (Å²) >= 11 is 0. The van der Waals surface area contributed by atoms with E-state index >= 15 is 0 Å². The van der Waals surface area contributed by atoms with Gasteiger partial charge in [0.1, 0.15) is 0 Å². The quantitative estimate of drug-likeness (QED) is 0.640. The predicted octanol–water partition coefficient (Wildman–Crippen LogP) is 2.68. The fourth-order valence-electron chi connectivity index (χ4n) is 1.28. The standard InChI is InChI=1S/C7H15N.C2H6.H3N/c1-2-8-6-4-3-5-7-8;1-2;/h2-7H2,1H3;1-2H3;1H3. The van der Waals surface area contributed by atoms with Crippen molar-refractivity contribution >= 4 is 0 Å². The fourth-order valence-corrected chi connectivity index (χ4v) is 1.28. The molecule has 0 unspecified atom stereocenters. The molecule has 0 aromatic heterocycles. The molecule has 1 aliphatic rings. The summed E-state index contributed by atoms with van der Waals surface area (Å²) in [6, 6.07) is 0. The second-order valence-electron chi connectivity index (χ2n) is 2.49. The molecule has 1 heterocycles. The van der Waals surface area contributed by atoms with Crippen LogP contribution in [0.2, 0.25) is 0 Å². The molecule has 0 atom stereocenters. The average molecular weight is 160 g/mol. The van der Waals surface area contributed by atoms with Crippen LogP contribution in [0, 0.1) is 0 Å². The van der Waals surface area contributed by atoms with E-state index in [-0.39, 0.29) is 6.15 Å². The molecular weight excluding hydrogens is 136 g/mol. The van der Waals surface area contributed by atoms with Crippen molar-refractivity contribution in [2.75, 3.05) is 19.6 Å². The Labute approximate surface area is 71.6 Å². The van der Waals surface area contributed by atoms with Crippen molar-refractivity contribution in [3.05, 3.63) is 0 Å². The maximum atomic E-state index is 2.52. The molecule has 3 N–H and O–H groups in total. The van der Waals surface area contributed by atoms with Gasteiger partial charge in [0.05, 0.1) is 0 Å². The first-order valence-corrected chi connectivity index (χ1v) is 4.66. The van der Waals surface area contributed by atoms with Gasteiger partial charge in [-0.15, -0.1) is 0 Å². The van der Waals surface area contributed by atoms with E-state index in [1.54, 1.807) is 0 Å². The number of nitrogens with zero attached hydrogens (tertiary/aromatic N) is 1. The summed E-state index contributed by atoms with van der Waals surface area (Å²) in [5, 5.41) is 0. The minimum atomic E-state index is 0. The summed E-state index contributed by atoms with van der Waals surface area (Å²) in [6.07, 6.45) is 4.30. The Hall–Kier alpha value is -0.0800. The molecule has 1 rings (SSSR count). The summed E-state index contributed by atoms with van der Waals surface area (Å²) in [4.78, 5) is 2.52. The monoisotopic (exact) mass is 160 g/mol. The van der Waals surface area contributed by atoms with Crippen LogP contribution in [0.5, 0.6) is 0 Å². The smallest absolute Gasteiger partial charge is 0.00188 e.